The number of fused-ring (bicyclic) bond motifs is 1. The number of aromatic nitrogens is 1. The summed E-state index contributed by atoms with van der Waals surface area (Å²) in [6.07, 6.45) is 2.56. The number of aryl methyl sites for hydroxylation is 1. The van der Waals surface area contributed by atoms with Crippen LogP contribution in [0.15, 0.2) is 12.1 Å². The molecule has 2 N–H and O–H groups in total. The van der Waals surface area contributed by atoms with E-state index in [2.05, 4.69) is 23.0 Å². The number of nitrogens with two attached hydrogens (primary N) is 1. The molecule has 1 saturated carbocycles. The van der Waals surface area contributed by atoms with Crippen LogP contribution in [0.4, 0.5) is 11.4 Å². The molecule has 1 heterocycles. The minimum atomic E-state index is 0.680. The van der Waals surface area contributed by atoms with Crippen LogP contribution in [0.3, 0.4) is 0 Å². The second-order valence-corrected chi connectivity index (χ2v) is 5.69. The number of rotatable bonds is 2. The molecule has 1 aromatic heterocycles. The lowest BCUT2D eigenvalue weighted by Gasteiger charge is -2.20. The number of hydrogen-bond acceptors (Lipinski definition) is 4. The molecule has 1 aliphatic carbocycles. The number of nitrogens with zero attached hydrogens (tertiary/aromatic N) is 2. The molecule has 1 aliphatic rings. The highest BCUT2D eigenvalue weighted by molar-refractivity contribution is 7.18. The SMILES string of the molecule is Cc1nc2cc(N(C)C3CC3)c(N)cc2s1. The van der Waals surface area contributed by atoms with E-state index in [4.69, 9.17) is 5.73 Å². The molecule has 1 fully saturated rings. The second-order valence-electron chi connectivity index (χ2n) is 4.45. The monoisotopic (exact) mass is 233 g/mol. The van der Waals surface area contributed by atoms with E-state index in [0.29, 0.717) is 6.04 Å². The average molecular weight is 233 g/mol. The Morgan fingerprint density at radius 2 is 2.19 bits per heavy atom. The molecule has 0 bridgehead atoms. The van der Waals surface area contributed by atoms with Crippen LogP contribution in [0.2, 0.25) is 0 Å². The van der Waals surface area contributed by atoms with Gasteiger partial charge in [0, 0.05) is 13.1 Å². The molecule has 3 nitrogen and oxygen atoms in total. The van der Waals surface area contributed by atoms with Gasteiger partial charge in [-0.3, -0.25) is 0 Å². The van der Waals surface area contributed by atoms with Gasteiger partial charge in [0.05, 0.1) is 26.6 Å². The molecule has 0 amide bonds. The molecular weight excluding hydrogens is 218 g/mol. The number of thiazole rings is 1. The van der Waals surface area contributed by atoms with Gasteiger partial charge in [0.15, 0.2) is 0 Å². The van der Waals surface area contributed by atoms with E-state index in [-0.39, 0.29) is 0 Å². The first kappa shape index (κ1) is 9.90. The third-order valence-electron chi connectivity index (χ3n) is 3.12. The molecule has 1 aromatic carbocycles. The van der Waals surface area contributed by atoms with E-state index >= 15 is 0 Å². The first-order chi connectivity index (χ1) is 7.65. The molecule has 4 heteroatoms. The smallest absolute Gasteiger partial charge is 0.0907 e. The van der Waals surface area contributed by atoms with Gasteiger partial charge in [-0.15, -0.1) is 11.3 Å². The standard InChI is InChI=1S/C12H15N3S/c1-7-14-10-6-11(15(2)8-3-4-8)9(13)5-12(10)16-7/h5-6,8H,3-4,13H2,1-2H3. The number of nitrogen functional groups attached to an aromatic ring is 1. The largest absolute Gasteiger partial charge is 0.397 e. The third kappa shape index (κ3) is 1.53. The van der Waals surface area contributed by atoms with Crippen molar-refractivity contribution >= 4 is 32.9 Å². The summed E-state index contributed by atoms with van der Waals surface area (Å²) in [6, 6.07) is 4.85. The highest BCUT2D eigenvalue weighted by atomic mass is 32.1. The summed E-state index contributed by atoms with van der Waals surface area (Å²) in [4.78, 5) is 6.79. The predicted octanol–water partition coefficient (Wildman–Crippen LogP) is 2.79. The van der Waals surface area contributed by atoms with Gasteiger partial charge in [-0.2, -0.15) is 0 Å². The molecular formula is C12H15N3S. The van der Waals surface area contributed by atoms with Gasteiger partial charge in [0.25, 0.3) is 0 Å². The second kappa shape index (κ2) is 3.35. The van der Waals surface area contributed by atoms with Crippen molar-refractivity contribution in [1.82, 2.24) is 4.98 Å². The maximum Gasteiger partial charge on any atom is 0.0907 e. The number of hydrogen-bond donors (Lipinski definition) is 1. The van der Waals surface area contributed by atoms with Crippen molar-refractivity contribution in [3.05, 3.63) is 17.1 Å². The van der Waals surface area contributed by atoms with Crippen LogP contribution < -0.4 is 10.6 Å². The van der Waals surface area contributed by atoms with Crippen LogP contribution in [0.5, 0.6) is 0 Å². The summed E-state index contributed by atoms with van der Waals surface area (Å²) in [5.74, 6) is 0. The van der Waals surface area contributed by atoms with Crippen LogP contribution in [-0.4, -0.2) is 18.1 Å². The lowest BCUT2D eigenvalue weighted by atomic mass is 10.2. The Kier molecular flexibility index (Phi) is 2.07. The molecule has 16 heavy (non-hydrogen) atoms. The van der Waals surface area contributed by atoms with Gasteiger partial charge >= 0.3 is 0 Å². The highest BCUT2D eigenvalue weighted by Crippen LogP contribution is 2.36. The van der Waals surface area contributed by atoms with Crippen LogP contribution in [0.1, 0.15) is 17.8 Å². The lowest BCUT2D eigenvalue weighted by molar-refractivity contribution is 0.919. The average Bonchev–Trinajstić information content (AvgIpc) is 3.00. The maximum absolute atomic E-state index is 6.10. The van der Waals surface area contributed by atoms with Crippen molar-refractivity contribution < 1.29 is 0 Å². The normalized spacial score (nSPS) is 15.6. The fourth-order valence-electron chi connectivity index (χ4n) is 2.06. The minimum absolute atomic E-state index is 0.680. The van der Waals surface area contributed by atoms with Gasteiger partial charge in [-0.25, -0.2) is 4.98 Å². The Balaban J connectivity index is 2.12. The quantitative estimate of drug-likeness (QED) is 0.811. The summed E-state index contributed by atoms with van der Waals surface area (Å²) >= 11 is 1.70. The molecule has 0 saturated heterocycles. The van der Waals surface area contributed by atoms with E-state index in [9.17, 15) is 0 Å². The van der Waals surface area contributed by atoms with Gasteiger partial charge in [-0.05, 0) is 31.9 Å². The number of benzene rings is 1. The molecule has 0 atom stereocenters. The topological polar surface area (TPSA) is 42.2 Å². The number of anilines is 2. The zero-order valence-electron chi connectivity index (χ0n) is 9.53. The Hall–Kier alpha value is -1.29. The predicted molar refractivity (Wildman–Crippen MR) is 70.2 cm³/mol. The maximum atomic E-state index is 6.10. The summed E-state index contributed by atoms with van der Waals surface area (Å²) in [5, 5.41) is 1.10. The minimum Gasteiger partial charge on any atom is -0.397 e. The van der Waals surface area contributed by atoms with Crippen LogP contribution in [0, 0.1) is 6.92 Å². The Morgan fingerprint density at radius 3 is 2.88 bits per heavy atom. The molecule has 3 rings (SSSR count). The highest BCUT2D eigenvalue weighted by Gasteiger charge is 2.27. The molecule has 84 valence electrons. The van der Waals surface area contributed by atoms with Gasteiger partial charge in [0.2, 0.25) is 0 Å². The summed E-state index contributed by atoms with van der Waals surface area (Å²) in [5.41, 5.74) is 9.16. The fraction of sp³-hybridized carbons (Fsp3) is 0.417. The lowest BCUT2D eigenvalue weighted by Crippen LogP contribution is -2.20. The first-order valence-electron chi connectivity index (χ1n) is 5.54. The molecule has 2 aromatic rings. The summed E-state index contributed by atoms with van der Waals surface area (Å²) in [7, 11) is 2.12. The van der Waals surface area contributed by atoms with E-state index in [1.54, 1.807) is 11.3 Å². The Labute approximate surface area is 98.9 Å². The first-order valence-corrected chi connectivity index (χ1v) is 6.36. The summed E-state index contributed by atoms with van der Waals surface area (Å²) in [6.45, 7) is 2.03. The van der Waals surface area contributed by atoms with Crippen LogP contribution in [-0.2, 0) is 0 Å². The van der Waals surface area contributed by atoms with Crippen molar-refractivity contribution in [2.75, 3.05) is 17.7 Å². The summed E-state index contributed by atoms with van der Waals surface area (Å²) < 4.78 is 1.18. The van der Waals surface area contributed by atoms with E-state index in [1.807, 2.05) is 13.0 Å². The van der Waals surface area contributed by atoms with Gasteiger partial charge < -0.3 is 10.6 Å². The Morgan fingerprint density at radius 1 is 1.44 bits per heavy atom. The van der Waals surface area contributed by atoms with Crippen molar-refractivity contribution in [3.8, 4) is 0 Å². The van der Waals surface area contributed by atoms with E-state index < -0.39 is 0 Å². The molecule has 0 aliphatic heterocycles. The van der Waals surface area contributed by atoms with E-state index in [1.165, 1.54) is 17.5 Å². The van der Waals surface area contributed by atoms with Crippen LogP contribution in [0.25, 0.3) is 10.2 Å². The fourth-order valence-corrected chi connectivity index (χ4v) is 2.92. The van der Waals surface area contributed by atoms with Gasteiger partial charge in [0.1, 0.15) is 0 Å². The molecule has 0 unspecified atom stereocenters. The van der Waals surface area contributed by atoms with Crippen molar-refractivity contribution in [3.63, 3.8) is 0 Å². The zero-order valence-corrected chi connectivity index (χ0v) is 10.3. The zero-order chi connectivity index (χ0) is 11.3. The van der Waals surface area contributed by atoms with Crippen molar-refractivity contribution in [2.24, 2.45) is 0 Å². The van der Waals surface area contributed by atoms with E-state index in [0.717, 1.165) is 21.9 Å². The van der Waals surface area contributed by atoms with Crippen LogP contribution >= 0.6 is 11.3 Å². The van der Waals surface area contributed by atoms with Gasteiger partial charge in [-0.1, -0.05) is 0 Å². The van der Waals surface area contributed by atoms with Crippen molar-refractivity contribution in [1.29, 1.82) is 0 Å². The Bertz CT molecular complexity index is 542. The molecule has 0 spiro atoms. The van der Waals surface area contributed by atoms with Crippen molar-refractivity contribution in [2.45, 2.75) is 25.8 Å². The molecule has 0 radical (unpaired) electrons. The third-order valence-corrected chi connectivity index (χ3v) is 4.05.